The summed E-state index contributed by atoms with van der Waals surface area (Å²) in [4.78, 5) is 12.3. The highest BCUT2D eigenvalue weighted by atomic mass is 16.9. The Morgan fingerprint density at radius 1 is 0.800 bits per heavy atom. The first-order valence-corrected chi connectivity index (χ1v) is 14.4. The number of ether oxygens (including phenoxy) is 7. The van der Waals surface area contributed by atoms with Crippen LogP contribution in [0.1, 0.15) is 59.9 Å². The van der Waals surface area contributed by atoms with Crippen LogP contribution in [-0.4, -0.2) is 69.8 Å². The van der Waals surface area contributed by atoms with E-state index in [1.54, 1.807) is 0 Å². The molecule has 10 heteroatoms. The van der Waals surface area contributed by atoms with Gasteiger partial charge >= 0.3 is 12.1 Å². The van der Waals surface area contributed by atoms with Gasteiger partial charge in [-0.15, -0.1) is 0 Å². The van der Waals surface area contributed by atoms with E-state index in [-0.39, 0.29) is 23.5 Å². The molecule has 3 N–H and O–H groups in total. The van der Waals surface area contributed by atoms with Gasteiger partial charge in [0.25, 0.3) is 5.97 Å². The average Bonchev–Trinajstić information content (AvgIpc) is 2.93. The molecule has 6 heterocycles. The Bertz CT molecular complexity index is 923. The minimum Gasteiger partial charge on any atom is -0.445 e. The lowest BCUT2D eigenvalue weighted by molar-refractivity contribution is -0.474. The second-order valence-electron chi connectivity index (χ2n) is 13.2. The lowest BCUT2D eigenvalue weighted by Crippen LogP contribution is -2.67. The summed E-state index contributed by atoms with van der Waals surface area (Å²) in [6, 6.07) is 8.93. The highest BCUT2D eigenvalue weighted by molar-refractivity contribution is 5.67. The number of rotatable bonds is 9. The second kappa shape index (κ2) is 12.6. The van der Waals surface area contributed by atoms with E-state index in [4.69, 9.17) is 38.9 Å². The number of nitrogens with two attached hydrogens (primary N) is 1. The molecule has 7 rings (SSSR count). The van der Waals surface area contributed by atoms with Crippen LogP contribution in [0.2, 0.25) is 0 Å². The minimum absolute atomic E-state index is 0.0132. The van der Waals surface area contributed by atoms with Gasteiger partial charge < -0.3 is 44.2 Å². The summed E-state index contributed by atoms with van der Waals surface area (Å²) in [6.07, 6.45) is 1.01. The molecule has 226 valence electrons. The molecular weight excluding hydrogens is 516 g/mol. The number of carbonyl (C=O) groups is 1. The maximum atomic E-state index is 12.3. The van der Waals surface area contributed by atoms with Crippen LogP contribution in [0, 0.1) is 22.7 Å². The molecule has 1 amide bonds. The zero-order valence-electron chi connectivity index (χ0n) is 24.9. The molecule has 6 fully saturated rings. The van der Waals surface area contributed by atoms with Crippen molar-refractivity contribution in [1.29, 1.82) is 0 Å². The molecule has 10 nitrogen and oxygen atoms in total. The van der Waals surface area contributed by atoms with Gasteiger partial charge in [0.15, 0.2) is 0 Å². The monoisotopic (exact) mass is 564 g/mol. The number of carbonyl (C=O) groups excluding carboxylic acids is 1. The van der Waals surface area contributed by atoms with E-state index >= 15 is 0 Å². The standard InChI is InChI=1S/C19H27NO5.C11H21NO3/c1-14(2)9-16(19-23-11-18(3,12-24-19)13-25-19)20-17(21)22-10-15-7-5-4-6-8-15;1-8(2)4-9(12)11-13-5-10(3,6-14-11)7-15-11/h4-8,14,16H,9-13H2,1-3H3,(H,20,21);8-9H,4-7,12H2,1-3H3. The van der Waals surface area contributed by atoms with Gasteiger partial charge in [-0.05, 0) is 30.2 Å². The van der Waals surface area contributed by atoms with Gasteiger partial charge in [-0.3, -0.25) is 0 Å². The van der Waals surface area contributed by atoms with Crippen LogP contribution in [-0.2, 0) is 39.8 Å². The fourth-order valence-electron chi connectivity index (χ4n) is 5.09. The molecule has 2 unspecified atom stereocenters. The average molecular weight is 565 g/mol. The predicted octanol–water partition coefficient (Wildman–Crippen LogP) is 4.16. The van der Waals surface area contributed by atoms with Crippen LogP contribution in [0.15, 0.2) is 30.3 Å². The zero-order valence-corrected chi connectivity index (χ0v) is 24.9. The third-order valence-corrected chi connectivity index (χ3v) is 7.55. The summed E-state index contributed by atoms with van der Waals surface area (Å²) < 4.78 is 40.0. The summed E-state index contributed by atoms with van der Waals surface area (Å²) in [5.41, 5.74) is 6.92. The van der Waals surface area contributed by atoms with Crippen molar-refractivity contribution in [3.63, 3.8) is 0 Å². The molecule has 0 spiro atoms. The van der Waals surface area contributed by atoms with E-state index in [0.29, 0.717) is 57.9 Å². The van der Waals surface area contributed by atoms with Crippen molar-refractivity contribution in [1.82, 2.24) is 5.32 Å². The molecule has 4 bridgehead atoms. The lowest BCUT2D eigenvalue weighted by Gasteiger charge is -2.53. The Labute approximate surface area is 238 Å². The maximum absolute atomic E-state index is 12.3. The summed E-state index contributed by atoms with van der Waals surface area (Å²) in [7, 11) is 0. The van der Waals surface area contributed by atoms with Crippen LogP contribution in [0.25, 0.3) is 0 Å². The maximum Gasteiger partial charge on any atom is 0.407 e. The first kappa shape index (κ1) is 31.2. The third kappa shape index (κ3) is 7.53. The predicted molar refractivity (Wildman–Crippen MR) is 148 cm³/mol. The summed E-state index contributed by atoms with van der Waals surface area (Å²) in [5, 5.41) is 2.88. The van der Waals surface area contributed by atoms with E-state index in [2.05, 4.69) is 46.9 Å². The van der Waals surface area contributed by atoms with Crippen LogP contribution in [0.4, 0.5) is 4.79 Å². The molecule has 0 saturated carbocycles. The van der Waals surface area contributed by atoms with Gasteiger partial charge in [0.05, 0.1) is 45.7 Å². The molecule has 6 saturated heterocycles. The SMILES string of the molecule is CC(C)CC(N)C12OCC(C)(CO1)CO2.CC(C)CC(NC(=O)OCc1ccccc1)C12OCC(C)(CO1)CO2. The third-order valence-electron chi connectivity index (χ3n) is 7.55. The van der Waals surface area contributed by atoms with Crippen molar-refractivity contribution >= 4 is 6.09 Å². The van der Waals surface area contributed by atoms with Crippen molar-refractivity contribution in [2.45, 2.75) is 85.0 Å². The molecule has 0 radical (unpaired) electrons. The highest BCUT2D eigenvalue weighted by Crippen LogP contribution is 2.42. The second-order valence-corrected chi connectivity index (χ2v) is 13.2. The van der Waals surface area contributed by atoms with Crippen LogP contribution < -0.4 is 11.1 Å². The first-order valence-electron chi connectivity index (χ1n) is 14.4. The van der Waals surface area contributed by atoms with Crippen molar-refractivity contribution < 1.29 is 38.0 Å². The molecule has 40 heavy (non-hydrogen) atoms. The molecule has 0 aliphatic carbocycles. The number of benzene rings is 1. The molecular formula is C30H48N2O8. The van der Waals surface area contributed by atoms with E-state index in [9.17, 15) is 4.79 Å². The quantitative estimate of drug-likeness (QED) is 0.456. The van der Waals surface area contributed by atoms with E-state index in [0.717, 1.165) is 12.0 Å². The summed E-state index contributed by atoms with van der Waals surface area (Å²) >= 11 is 0. The number of hydrogen-bond acceptors (Lipinski definition) is 9. The van der Waals surface area contributed by atoms with Gasteiger partial charge in [-0.1, -0.05) is 71.9 Å². The normalized spacial score (nSPS) is 34.2. The number of hydrogen-bond donors (Lipinski definition) is 2. The minimum atomic E-state index is -1.21. The van der Waals surface area contributed by atoms with Gasteiger partial charge in [0.2, 0.25) is 0 Å². The lowest BCUT2D eigenvalue weighted by atomic mass is 9.90. The number of nitrogens with one attached hydrogen (secondary N) is 1. The molecule has 2 atom stereocenters. The Morgan fingerprint density at radius 2 is 1.25 bits per heavy atom. The smallest absolute Gasteiger partial charge is 0.407 e. The van der Waals surface area contributed by atoms with Crippen LogP contribution >= 0.6 is 0 Å². The number of fused-ring (bicyclic) bond motifs is 6. The molecule has 1 aromatic rings. The van der Waals surface area contributed by atoms with Crippen molar-refractivity contribution in [2.24, 2.45) is 28.4 Å². The van der Waals surface area contributed by atoms with Crippen molar-refractivity contribution in [2.75, 3.05) is 39.6 Å². The Morgan fingerprint density at radius 3 is 1.70 bits per heavy atom. The molecule has 6 aliphatic rings. The topological polar surface area (TPSA) is 120 Å². The van der Waals surface area contributed by atoms with Gasteiger partial charge in [-0.25, -0.2) is 4.79 Å². The molecule has 1 aromatic carbocycles. The number of alkyl carbamates (subject to hydrolysis) is 1. The van der Waals surface area contributed by atoms with E-state index in [1.807, 2.05) is 30.3 Å². The molecule has 0 aromatic heterocycles. The zero-order chi connectivity index (χ0) is 29.0. The first-order chi connectivity index (χ1) is 18.9. The molecule has 6 aliphatic heterocycles. The van der Waals surface area contributed by atoms with E-state index in [1.165, 1.54) is 0 Å². The van der Waals surface area contributed by atoms with Gasteiger partial charge in [-0.2, -0.15) is 0 Å². The van der Waals surface area contributed by atoms with Gasteiger partial charge in [0, 0.05) is 10.8 Å². The van der Waals surface area contributed by atoms with Gasteiger partial charge in [0.1, 0.15) is 12.6 Å². The van der Waals surface area contributed by atoms with Crippen molar-refractivity contribution in [3.05, 3.63) is 35.9 Å². The van der Waals surface area contributed by atoms with Crippen LogP contribution in [0.3, 0.4) is 0 Å². The Kier molecular flexibility index (Phi) is 9.82. The van der Waals surface area contributed by atoms with Crippen LogP contribution in [0.5, 0.6) is 0 Å². The van der Waals surface area contributed by atoms with Crippen molar-refractivity contribution in [3.8, 4) is 0 Å². The number of amides is 1. The Balaban J connectivity index is 0.000000210. The fourth-order valence-corrected chi connectivity index (χ4v) is 5.09. The summed E-state index contributed by atoms with van der Waals surface area (Å²) in [6.45, 7) is 16.5. The fraction of sp³-hybridized carbons (Fsp3) is 0.767. The summed E-state index contributed by atoms with van der Waals surface area (Å²) in [5.74, 6) is -1.34. The van der Waals surface area contributed by atoms with E-state index < -0.39 is 24.1 Å². The highest BCUT2D eigenvalue weighted by Gasteiger charge is 2.56. The Hall–Kier alpha value is -1.79. The largest absolute Gasteiger partial charge is 0.445 e.